The molecular formula is C37H33F2N7O3. The molecule has 49 heavy (non-hydrogen) atoms. The molecule has 0 aliphatic carbocycles. The molecule has 6 heterocycles. The van der Waals surface area contributed by atoms with Crippen molar-refractivity contribution in [3.63, 3.8) is 0 Å². The first kappa shape index (κ1) is 31.0. The van der Waals surface area contributed by atoms with E-state index in [-0.39, 0.29) is 69.4 Å². The smallest absolute Gasteiger partial charge is 0.319 e. The third kappa shape index (κ3) is 4.85. The molecule has 0 saturated carbocycles. The van der Waals surface area contributed by atoms with Gasteiger partial charge in [-0.1, -0.05) is 18.6 Å². The van der Waals surface area contributed by atoms with Crippen molar-refractivity contribution >= 4 is 33.4 Å². The second-order valence-corrected chi connectivity index (χ2v) is 13.4. The van der Waals surface area contributed by atoms with Crippen LogP contribution >= 0.6 is 0 Å². The van der Waals surface area contributed by atoms with Crippen molar-refractivity contribution in [1.82, 2.24) is 24.8 Å². The molecule has 248 valence electrons. The second-order valence-electron chi connectivity index (χ2n) is 13.4. The number of carbonyl (C=O) groups is 1. The van der Waals surface area contributed by atoms with E-state index in [1.54, 1.807) is 4.90 Å². The maximum absolute atomic E-state index is 17.0. The van der Waals surface area contributed by atoms with Crippen LogP contribution in [0.3, 0.4) is 0 Å². The molecule has 4 aliphatic heterocycles. The van der Waals surface area contributed by atoms with E-state index in [0.717, 1.165) is 38.8 Å². The Hall–Kier alpha value is -5.33. The van der Waals surface area contributed by atoms with Gasteiger partial charge in [0.15, 0.2) is 5.82 Å². The Kier molecular flexibility index (Phi) is 7.38. The maximum Gasteiger partial charge on any atom is 0.319 e. The van der Waals surface area contributed by atoms with Gasteiger partial charge < -0.3 is 19.6 Å². The fourth-order valence-corrected chi connectivity index (χ4v) is 8.65. The zero-order valence-corrected chi connectivity index (χ0v) is 26.7. The molecule has 0 spiro atoms. The molecule has 1 amide bonds. The largest absolute Gasteiger partial charge is 0.508 e. The van der Waals surface area contributed by atoms with Crippen molar-refractivity contribution in [2.75, 3.05) is 37.7 Å². The summed E-state index contributed by atoms with van der Waals surface area (Å²) in [5.74, 6) is 0.477. The molecule has 2 aromatic carbocycles. The van der Waals surface area contributed by atoms with Crippen molar-refractivity contribution < 1.29 is 23.4 Å². The first-order valence-corrected chi connectivity index (χ1v) is 16.5. The number of aromatic hydroxyl groups is 1. The van der Waals surface area contributed by atoms with Crippen LogP contribution in [0.25, 0.3) is 32.9 Å². The van der Waals surface area contributed by atoms with Crippen LogP contribution in [0.2, 0.25) is 0 Å². The van der Waals surface area contributed by atoms with Gasteiger partial charge >= 0.3 is 6.01 Å². The number of piperazine rings is 1. The molecule has 4 aliphatic rings. The Labute approximate surface area is 281 Å². The van der Waals surface area contributed by atoms with Gasteiger partial charge in [-0.15, -0.1) is 6.42 Å². The van der Waals surface area contributed by atoms with E-state index in [1.165, 1.54) is 36.5 Å². The number of benzene rings is 2. The minimum absolute atomic E-state index is 0.00317. The number of amides is 1. The van der Waals surface area contributed by atoms with Gasteiger partial charge in [0, 0.05) is 30.2 Å². The van der Waals surface area contributed by atoms with Crippen molar-refractivity contribution in [2.45, 2.75) is 49.7 Å². The Morgan fingerprint density at radius 2 is 2.00 bits per heavy atom. The fourth-order valence-electron chi connectivity index (χ4n) is 8.65. The number of carbonyl (C=O) groups excluding carboxylic acids is 1. The zero-order chi connectivity index (χ0) is 34.0. The number of aromatic nitrogens is 3. The minimum Gasteiger partial charge on any atom is -0.508 e. The van der Waals surface area contributed by atoms with Gasteiger partial charge in [0.05, 0.1) is 40.6 Å². The molecule has 10 nitrogen and oxygen atoms in total. The first-order chi connectivity index (χ1) is 23.7. The molecule has 4 fully saturated rings. The fraction of sp³-hybridized carbons (Fsp3) is 0.378. The van der Waals surface area contributed by atoms with Crippen LogP contribution in [0.4, 0.5) is 14.6 Å². The van der Waals surface area contributed by atoms with Crippen molar-refractivity contribution in [1.29, 1.82) is 5.26 Å². The average molecular weight is 662 g/mol. The monoisotopic (exact) mass is 661 g/mol. The van der Waals surface area contributed by atoms with Crippen molar-refractivity contribution in [3.8, 4) is 41.4 Å². The lowest BCUT2D eigenvalue weighted by molar-refractivity contribution is -0.129. The number of phenols is 1. The van der Waals surface area contributed by atoms with Gasteiger partial charge in [-0.3, -0.25) is 14.7 Å². The van der Waals surface area contributed by atoms with Gasteiger partial charge in [-0.25, -0.2) is 8.78 Å². The predicted molar refractivity (Wildman–Crippen MR) is 179 cm³/mol. The van der Waals surface area contributed by atoms with Gasteiger partial charge in [-0.05, 0) is 74.9 Å². The zero-order valence-electron chi connectivity index (χ0n) is 26.7. The summed E-state index contributed by atoms with van der Waals surface area (Å²) in [6, 6.07) is 7.07. The Bertz CT molecular complexity index is 2130. The predicted octanol–water partition coefficient (Wildman–Crippen LogP) is 4.93. The average Bonchev–Trinajstić information content (AvgIpc) is 3.75. The summed E-state index contributed by atoms with van der Waals surface area (Å²) in [6.45, 7) is 6.64. The molecular weight excluding hydrogens is 628 g/mol. The van der Waals surface area contributed by atoms with E-state index in [1.807, 2.05) is 4.90 Å². The molecule has 12 heteroatoms. The number of halogens is 2. The van der Waals surface area contributed by atoms with Crippen LogP contribution in [-0.4, -0.2) is 86.2 Å². The Morgan fingerprint density at radius 1 is 1.20 bits per heavy atom. The summed E-state index contributed by atoms with van der Waals surface area (Å²) in [4.78, 5) is 32.8. The number of hydrogen-bond donors (Lipinski definition) is 1. The van der Waals surface area contributed by atoms with Crippen LogP contribution in [-0.2, 0) is 4.79 Å². The number of hydrogen-bond acceptors (Lipinski definition) is 9. The lowest BCUT2D eigenvalue weighted by Gasteiger charge is -2.41. The van der Waals surface area contributed by atoms with E-state index in [2.05, 4.69) is 33.4 Å². The Balaban J connectivity index is 1.27. The van der Waals surface area contributed by atoms with Crippen LogP contribution in [0, 0.1) is 41.2 Å². The molecule has 2 aromatic heterocycles. The number of nitrogens with zero attached hydrogens (tertiary/aromatic N) is 7. The van der Waals surface area contributed by atoms with E-state index < -0.39 is 17.7 Å². The van der Waals surface area contributed by atoms with E-state index in [4.69, 9.17) is 16.1 Å². The van der Waals surface area contributed by atoms with Gasteiger partial charge in [0.25, 0.3) is 0 Å². The number of terminal acetylenes is 1. The number of ether oxygens (including phenoxy) is 1. The molecule has 4 aromatic rings. The first-order valence-electron chi connectivity index (χ1n) is 16.5. The molecule has 1 N–H and O–H groups in total. The van der Waals surface area contributed by atoms with E-state index >= 15 is 4.39 Å². The maximum atomic E-state index is 17.0. The highest BCUT2D eigenvalue weighted by Crippen LogP contribution is 2.42. The third-order valence-corrected chi connectivity index (χ3v) is 10.8. The topological polar surface area (TPSA) is 119 Å². The Morgan fingerprint density at radius 3 is 2.73 bits per heavy atom. The second kappa shape index (κ2) is 11.7. The molecule has 8 rings (SSSR count). The molecule has 2 bridgehead atoms. The minimum atomic E-state index is -0.815. The summed E-state index contributed by atoms with van der Waals surface area (Å²) < 4.78 is 38.2. The lowest BCUT2D eigenvalue weighted by atomic mass is 9.95. The summed E-state index contributed by atoms with van der Waals surface area (Å²) in [5.41, 5.74) is -0.323. The van der Waals surface area contributed by atoms with Crippen LogP contribution < -0.4 is 9.64 Å². The standard InChI is InChI=1S/C37H33F2N7O3/c1-3-25-28(38)8-7-21-14-24(47)15-26(31(21)25)33-32(39)34-27(17-41-33)35(43-36(42-34)49-20-37-9-5-11-45(37)12-6-10-37)44-18-23-13-22(16-40)29(19-44)46(23)30(48)4-2/h1,4,7-8,14-15,17,22-23,29,47H,2,5-6,9-13,18-20H2/t22-,23+,29+/m0/s1. The molecule has 0 unspecified atom stereocenters. The lowest BCUT2D eigenvalue weighted by Crippen LogP contribution is -2.56. The third-order valence-electron chi connectivity index (χ3n) is 10.8. The van der Waals surface area contributed by atoms with E-state index in [0.29, 0.717) is 36.2 Å². The number of anilines is 1. The van der Waals surface area contributed by atoms with Crippen molar-refractivity contribution in [2.24, 2.45) is 5.92 Å². The summed E-state index contributed by atoms with van der Waals surface area (Å²) in [6.07, 6.45) is 13.0. The molecule has 4 saturated heterocycles. The summed E-state index contributed by atoms with van der Waals surface area (Å²) in [7, 11) is 0. The summed E-state index contributed by atoms with van der Waals surface area (Å²) in [5, 5.41) is 21.5. The number of pyridine rings is 1. The van der Waals surface area contributed by atoms with E-state index in [9.17, 15) is 19.6 Å². The number of nitriles is 1. The highest BCUT2D eigenvalue weighted by Gasteiger charge is 2.49. The highest BCUT2D eigenvalue weighted by atomic mass is 19.1. The molecule has 0 radical (unpaired) electrons. The number of fused-ring (bicyclic) bond motifs is 5. The van der Waals surface area contributed by atoms with Gasteiger partial charge in [-0.2, -0.15) is 15.2 Å². The van der Waals surface area contributed by atoms with Gasteiger partial charge in [0.2, 0.25) is 5.91 Å². The SMILES string of the molecule is C#Cc1c(F)ccc2cc(O)cc(-c3ncc4c(N5C[C@H]6C[C@@H](C#N)[C@@H](C5)N6C(=O)C=C)nc(OCC56CCCN5CCC6)nc4c3F)c12. The van der Waals surface area contributed by atoms with Crippen LogP contribution in [0.5, 0.6) is 11.8 Å². The van der Waals surface area contributed by atoms with Crippen LogP contribution in [0.15, 0.2) is 43.1 Å². The highest BCUT2D eigenvalue weighted by molar-refractivity contribution is 6.03. The van der Waals surface area contributed by atoms with Gasteiger partial charge in [0.1, 0.15) is 35.2 Å². The quantitative estimate of drug-likeness (QED) is 0.227. The number of rotatable bonds is 6. The normalized spacial score (nSPS) is 22.7. The number of phenolic OH excluding ortho intramolecular Hbond substituents is 1. The van der Waals surface area contributed by atoms with Crippen LogP contribution in [0.1, 0.15) is 37.7 Å². The van der Waals surface area contributed by atoms with Crippen molar-refractivity contribution in [3.05, 3.63) is 60.3 Å². The molecule has 3 atom stereocenters. The summed E-state index contributed by atoms with van der Waals surface area (Å²) >= 11 is 0.